The summed E-state index contributed by atoms with van der Waals surface area (Å²) in [5, 5.41) is 0. The maximum Gasteiger partial charge on any atom is 0.255 e. The van der Waals surface area contributed by atoms with E-state index < -0.39 is 0 Å². The van der Waals surface area contributed by atoms with Gasteiger partial charge in [0.15, 0.2) is 0 Å². The van der Waals surface area contributed by atoms with E-state index in [1.165, 1.54) is 0 Å². The van der Waals surface area contributed by atoms with Crippen LogP contribution in [0.1, 0.15) is 28.9 Å². The standard InChI is InChI=1S/C14H18N4O2/c1-9-12(6-10(15)7-16-9)14(20)17-4-5-18-11(8-17)2-3-13(18)19/h6-7,11H,2-5,8,15H2,1H3. The summed E-state index contributed by atoms with van der Waals surface area (Å²) < 4.78 is 0. The molecule has 0 saturated carbocycles. The number of hydrogen-bond donors (Lipinski definition) is 1. The van der Waals surface area contributed by atoms with Crippen LogP contribution < -0.4 is 5.73 Å². The van der Waals surface area contributed by atoms with Gasteiger partial charge in [0.1, 0.15) is 0 Å². The number of piperazine rings is 1. The Balaban J connectivity index is 1.78. The molecule has 1 unspecified atom stereocenters. The van der Waals surface area contributed by atoms with Crippen LogP contribution in [0.15, 0.2) is 12.3 Å². The van der Waals surface area contributed by atoms with Gasteiger partial charge in [0.25, 0.3) is 5.91 Å². The fraction of sp³-hybridized carbons (Fsp3) is 0.500. The van der Waals surface area contributed by atoms with E-state index >= 15 is 0 Å². The number of aromatic nitrogens is 1. The topological polar surface area (TPSA) is 79.5 Å². The summed E-state index contributed by atoms with van der Waals surface area (Å²) in [4.78, 5) is 32.1. The zero-order valence-electron chi connectivity index (χ0n) is 11.5. The molecule has 2 N–H and O–H groups in total. The molecule has 6 heteroatoms. The lowest BCUT2D eigenvalue weighted by Crippen LogP contribution is -2.53. The molecular formula is C14H18N4O2. The van der Waals surface area contributed by atoms with E-state index in [4.69, 9.17) is 5.73 Å². The molecule has 2 aliphatic rings. The van der Waals surface area contributed by atoms with Gasteiger partial charge in [-0.05, 0) is 19.4 Å². The lowest BCUT2D eigenvalue weighted by Gasteiger charge is -2.37. The lowest BCUT2D eigenvalue weighted by atomic mass is 10.1. The van der Waals surface area contributed by atoms with Crippen molar-refractivity contribution in [3.8, 4) is 0 Å². The van der Waals surface area contributed by atoms with Crippen molar-refractivity contribution in [2.75, 3.05) is 25.4 Å². The molecule has 0 bridgehead atoms. The third kappa shape index (κ3) is 2.11. The van der Waals surface area contributed by atoms with Crippen molar-refractivity contribution in [3.05, 3.63) is 23.5 Å². The molecular weight excluding hydrogens is 256 g/mol. The van der Waals surface area contributed by atoms with Crippen molar-refractivity contribution in [2.24, 2.45) is 0 Å². The summed E-state index contributed by atoms with van der Waals surface area (Å²) in [7, 11) is 0. The Bertz CT molecular complexity index is 572. The second-order valence-corrected chi connectivity index (χ2v) is 5.43. The highest BCUT2D eigenvalue weighted by molar-refractivity contribution is 5.96. The minimum Gasteiger partial charge on any atom is -0.397 e. The summed E-state index contributed by atoms with van der Waals surface area (Å²) in [5.74, 6) is 0.171. The zero-order valence-corrected chi connectivity index (χ0v) is 11.5. The summed E-state index contributed by atoms with van der Waals surface area (Å²) in [6.45, 7) is 3.63. The van der Waals surface area contributed by atoms with Gasteiger partial charge in [-0.2, -0.15) is 0 Å². The molecule has 1 aromatic rings. The van der Waals surface area contributed by atoms with Gasteiger partial charge in [-0.25, -0.2) is 0 Å². The number of nitrogens with two attached hydrogens (primary N) is 1. The number of carbonyl (C=O) groups excluding carboxylic acids is 2. The zero-order chi connectivity index (χ0) is 14.3. The predicted octanol–water partition coefficient (Wildman–Crippen LogP) is 0.419. The van der Waals surface area contributed by atoms with Gasteiger partial charge in [-0.15, -0.1) is 0 Å². The quantitative estimate of drug-likeness (QED) is 0.805. The van der Waals surface area contributed by atoms with Gasteiger partial charge in [0, 0.05) is 32.1 Å². The molecule has 0 aliphatic carbocycles. The molecule has 20 heavy (non-hydrogen) atoms. The van der Waals surface area contributed by atoms with E-state index in [0.717, 1.165) is 6.42 Å². The van der Waals surface area contributed by atoms with Gasteiger partial charge < -0.3 is 15.5 Å². The second-order valence-electron chi connectivity index (χ2n) is 5.43. The van der Waals surface area contributed by atoms with Crippen molar-refractivity contribution in [1.29, 1.82) is 0 Å². The van der Waals surface area contributed by atoms with Gasteiger partial charge in [0.2, 0.25) is 5.91 Å². The number of aryl methyl sites for hydroxylation is 1. The van der Waals surface area contributed by atoms with Crippen LogP contribution in [-0.2, 0) is 4.79 Å². The molecule has 2 saturated heterocycles. The molecule has 3 rings (SSSR count). The molecule has 2 amide bonds. The fourth-order valence-electron chi connectivity index (χ4n) is 2.98. The molecule has 0 radical (unpaired) electrons. The third-order valence-electron chi connectivity index (χ3n) is 4.12. The Morgan fingerprint density at radius 3 is 3.05 bits per heavy atom. The van der Waals surface area contributed by atoms with Crippen molar-refractivity contribution in [3.63, 3.8) is 0 Å². The highest BCUT2D eigenvalue weighted by Gasteiger charge is 2.37. The maximum absolute atomic E-state index is 12.6. The van der Waals surface area contributed by atoms with Crippen LogP contribution in [-0.4, -0.2) is 52.3 Å². The van der Waals surface area contributed by atoms with Crippen molar-refractivity contribution in [2.45, 2.75) is 25.8 Å². The summed E-state index contributed by atoms with van der Waals surface area (Å²) in [6, 6.07) is 1.85. The number of pyridine rings is 1. The number of rotatable bonds is 1. The first-order chi connectivity index (χ1) is 9.56. The molecule has 3 heterocycles. The van der Waals surface area contributed by atoms with Crippen LogP contribution in [0.5, 0.6) is 0 Å². The maximum atomic E-state index is 12.6. The Morgan fingerprint density at radius 2 is 2.25 bits per heavy atom. The van der Waals surface area contributed by atoms with Crippen LogP contribution in [0, 0.1) is 6.92 Å². The molecule has 2 aliphatic heterocycles. The largest absolute Gasteiger partial charge is 0.397 e. The van der Waals surface area contributed by atoms with E-state index in [0.29, 0.717) is 43.0 Å². The summed E-state index contributed by atoms with van der Waals surface area (Å²) in [6.07, 6.45) is 3.00. The Morgan fingerprint density at radius 1 is 1.45 bits per heavy atom. The van der Waals surface area contributed by atoms with E-state index in [1.54, 1.807) is 12.3 Å². The van der Waals surface area contributed by atoms with Crippen LogP contribution >= 0.6 is 0 Å². The first-order valence-electron chi connectivity index (χ1n) is 6.87. The summed E-state index contributed by atoms with van der Waals surface area (Å²) >= 11 is 0. The molecule has 6 nitrogen and oxygen atoms in total. The van der Waals surface area contributed by atoms with Crippen molar-refractivity contribution >= 4 is 17.5 Å². The van der Waals surface area contributed by atoms with E-state index in [1.807, 2.05) is 16.7 Å². The Hall–Kier alpha value is -2.11. The van der Waals surface area contributed by atoms with Gasteiger partial charge in [-0.1, -0.05) is 0 Å². The number of amides is 2. The minimum atomic E-state index is -0.0405. The second kappa shape index (κ2) is 4.77. The van der Waals surface area contributed by atoms with E-state index in [-0.39, 0.29) is 17.9 Å². The third-order valence-corrected chi connectivity index (χ3v) is 4.12. The minimum absolute atomic E-state index is 0.0405. The molecule has 0 spiro atoms. The van der Waals surface area contributed by atoms with Crippen LogP contribution in [0.3, 0.4) is 0 Å². The molecule has 0 aromatic carbocycles. The number of hydrogen-bond acceptors (Lipinski definition) is 4. The SMILES string of the molecule is Cc1ncc(N)cc1C(=O)N1CCN2C(=O)CCC2C1. The van der Waals surface area contributed by atoms with Crippen LogP contribution in [0.25, 0.3) is 0 Å². The molecule has 1 aromatic heterocycles. The highest BCUT2D eigenvalue weighted by atomic mass is 16.2. The van der Waals surface area contributed by atoms with Gasteiger partial charge in [0.05, 0.1) is 23.1 Å². The number of carbonyl (C=O) groups is 2. The first-order valence-corrected chi connectivity index (χ1v) is 6.87. The van der Waals surface area contributed by atoms with Crippen LogP contribution in [0.4, 0.5) is 5.69 Å². The molecule has 1 atom stereocenters. The summed E-state index contributed by atoms with van der Waals surface area (Å²) in [5.41, 5.74) is 7.45. The van der Waals surface area contributed by atoms with E-state index in [2.05, 4.69) is 4.98 Å². The van der Waals surface area contributed by atoms with Crippen molar-refractivity contribution in [1.82, 2.24) is 14.8 Å². The Kier molecular flexibility index (Phi) is 3.08. The first kappa shape index (κ1) is 12.9. The fourth-order valence-corrected chi connectivity index (χ4v) is 2.98. The lowest BCUT2D eigenvalue weighted by molar-refractivity contribution is -0.130. The number of nitrogen functional groups attached to an aromatic ring is 1. The Labute approximate surface area is 117 Å². The van der Waals surface area contributed by atoms with Crippen LogP contribution in [0.2, 0.25) is 0 Å². The monoisotopic (exact) mass is 274 g/mol. The average Bonchev–Trinajstić information content (AvgIpc) is 2.82. The van der Waals surface area contributed by atoms with Gasteiger partial charge >= 0.3 is 0 Å². The highest BCUT2D eigenvalue weighted by Crippen LogP contribution is 2.24. The molecule has 106 valence electrons. The van der Waals surface area contributed by atoms with Gasteiger partial charge in [-0.3, -0.25) is 14.6 Å². The number of anilines is 1. The normalized spacial score (nSPS) is 22.1. The average molecular weight is 274 g/mol. The smallest absolute Gasteiger partial charge is 0.255 e. The number of fused-ring (bicyclic) bond motifs is 1. The molecule has 2 fully saturated rings. The number of nitrogens with zero attached hydrogens (tertiary/aromatic N) is 3. The van der Waals surface area contributed by atoms with E-state index in [9.17, 15) is 9.59 Å². The predicted molar refractivity (Wildman–Crippen MR) is 74.0 cm³/mol. The van der Waals surface area contributed by atoms with Crippen molar-refractivity contribution < 1.29 is 9.59 Å².